The summed E-state index contributed by atoms with van der Waals surface area (Å²) >= 11 is 0. The largest absolute Gasteiger partial charge is 0.490 e. The van der Waals surface area contributed by atoms with Gasteiger partial charge in [-0.15, -0.1) is 0 Å². The highest BCUT2D eigenvalue weighted by atomic mass is 16.5. The van der Waals surface area contributed by atoms with E-state index in [0.717, 1.165) is 22.3 Å². The van der Waals surface area contributed by atoms with Crippen LogP contribution in [-0.4, -0.2) is 71.8 Å². The molecule has 10 heteroatoms. The third-order valence-corrected chi connectivity index (χ3v) is 12.7. The zero-order chi connectivity index (χ0) is 49.2. The molecular formula is C60H64N4O6. The first-order chi connectivity index (χ1) is 34.0. The van der Waals surface area contributed by atoms with Crippen LogP contribution in [0, 0.1) is 0 Å². The number of hydrogen-bond donors (Lipinski definition) is 2. The number of para-hydroxylation sites is 2. The van der Waals surface area contributed by atoms with Gasteiger partial charge in [-0.1, -0.05) is 170 Å². The molecule has 2 heterocycles. The van der Waals surface area contributed by atoms with E-state index >= 15 is 0 Å². The van der Waals surface area contributed by atoms with E-state index in [4.69, 9.17) is 9.47 Å². The summed E-state index contributed by atoms with van der Waals surface area (Å²) in [5, 5.41) is 6.46. The molecule has 2 aliphatic rings. The third-order valence-electron chi connectivity index (χ3n) is 12.7. The van der Waals surface area contributed by atoms with Crippen molar-refractivity contribution in [2.45, 2.75) is 88.7 Å². The number of carbonyl (C=O) groups excluding carboxylic acids is 4. The van der Waals surface area contributed by atoms with Gasteiger partial charge in [-0.05, 0) is 73.2 Å². The van der Waals surface area contributed by atoms with Gasteiger partial charge in [0, 0.05) is 39.8 Å². The molecule has 70 heavy (non-hydrogen) atoms. The summed E-state index contributed by atoms with van der Waals surface area (Å²) < 4.78 is 12.3. The van der Waals surface area contributed by atoms with E-state index in [0.29, 0.717) is 61.2 Å². The van der Waals surface area contributed by atoms with Crippen LogP contribution in [0.4, 0.5) is 0 Å². The average Bonchev–Trinajstić information content (AvgIpc) is 3.39. The van der Waals surface area contributed by atoms with E-state index in [1.54, 1.807) is 36.0 Å². The van der Waals surface area contributed by atoms with Gasteiger partial charge < -0.3 is 29.9 Å². The monoisotopic (exact) mass is 936 g/mol. The first-order valence-electron chi connectivity index (χ1n) is 24.2. The van der Waals surface area contributed by atoms with Crippen molar-refractivity contribution in [3.8, 4) is 11.5 Å². The maximum absolute atomic E-state index is 13.7. The number of ether oxygens (including phenoxy) is 2. The number of benzene rings is 6. The Morgan fingerprint density at radius 1 is 0.429 bits per heavy atom. The van der Waals surface area contributed by atoms with Crippen molar-refractivity contribution in [1.29, 1.82) is 0 Å². The van der Waals surface area contributed by atoms with Gasteiger partial charge >= 0.3 is 0 Å². The highest BCUT2D eigenvalue weighted by molar-refractivity contribution is 6.00. The summed E-state index contributed by atoms with van der Waals surface area (Å²) in [5.74, 6) is 0.207. The molecule has 2 aliphatic heterocycles. The molecule has 0 saturated carbocycles. The lowest BCUT2D eigenvalue weighted by atomic mass is 9.99. The van der Waals surface area contributed by atoms with Crippen LogP contribution in [0.25, 0.3) is 0 Å². The second kappa shape index (κ2) is 25.1. The van der Waals surface area contributed by atoms with E-state index < -0.39 is 12.1 Å². The molecule has 6 atom stereocenters. The average molecular weight is 937 g/mol. The van der Waals surface area contributed by atoms with Crippen LogP contribution in [0.15, 0.2) is 194 Å². The normalized spacial score (nSPS) is 22.3. The molecule has 4 amide bonds. The maximum Gasteiger partial charge on any atom is 0.258 e. The zero-order valence-electron chi connectivity index (χ0n) is 40.5. The van der Waals surface area contributed by atoms with Crippen LogP contribution in [0.1, 0.15) is 94.6 Å². The van der Waals surface area contributed by atoms with Crippen molar-refractivity contribution in [1.82, 2.24) is 20.4 Å². The Morgan fingerprint density at radius 2 is 0.743 bits per heavy atom. The number of amides is 4. The lowest BCUT2D eigenvalue weighted by Gasteiger charge is -2.30. The molecule has 0 unspecified atom stereocenters. The SMILES string of the molecule is C[C@@H]1C/C=C/C[C@H](c2ccccc2)NC(=O)[C@@H](Cc2ccccc2)N(C)C(=O)c2ccccc2O1.C[C@@H]1C/C=C\C[C@H](c2ccccc2)NC(=O)[C@@H](Cc2ccccc2)N(C)C(=O)c2ccccc2O1. The van der Waals surface area contributed by atoms with E-state index in [1.165, 1.54) is 0 Å². The Morgan fingerprint density at radius 3 is 1.11 bits per heavy atom. The Kier molecular flexibility index (Phi) is 18.0. The number of carbonyl (C=O) groups is 4. The fourth-order valence-corrected chi connectivity index (χ4v) is 8.67. The van der Waals surface area contributed by atoms with Crippen LogP contribution in [0.2, 0.25) is 0 Å². The Hall–Kier alpha value is -7.72. The lowest BCUT2D eigenvalue weighted by Crippen LogP contribution is -2.49. The van der Waals surface area contributed by atoms with E-state index in [1.807, 2.05) is 172 Å². The predicted octanol–water partition coefficient (Wildman–Crippen LogP) is 10.7. The van der Waals surface area contributed by atoms with E-state index in [-0.39, 0.29) is 47.9 Å². The molecule has 0 spiro atoms. The molecule has 0 bridgehead atoms. The van der Waals surface area contributed by atoms with Crippen molar-refractivity contribution in [2.24, 2.45) is 0 Å². The quantitative estimate of drug-likeness (QED) is 0.161. The molecule has 10 nitrogen and oxygen atoms in total. The summed E-state index contributed by atoms with van der Waals surface area (Å²) in [5.41, 5.74) is 4.94. The maximum atomic E-state index is 13.7. The third kappa shape index (κ3) is 13.7. The van der Waals surface area contributed by atoms with Gasteiger partial charge in [0.25, 0.3) is 11.8 Å². The van der Waals surface area contributed by atoms with Gasteiger partial charge in [0.1, 0.15) is 23.6 Å². The lowest BCUT2D eigenvalue weighted by molar-refractivity contribution is -0.126. The number of nitrogens with one attached hydrogen (secondary N) is 2. The van der Waals surface area contributed by atoms with Gasteiger partial charge in [-0.3, -0.25) is 19.2 Å². The summed E-state index contributed by atoms with van der Waals surface area (Å²) in [6.07, 6.45) is 11.7. The van der Waals surface area contributed by atoms with Crippen molar-refractivity contribution in [2.75, 3.05) is 14.1 Å². The molecule has 360 valence electrons. The van der Waals surface area contributed by atoms with Crippen molar-refractivity contribution in [3.05, 3.63) is 228 Å². The van der Waals surface area contributed by atoms with Crippen molar-refractivity contribution >= 4 is 23.6 Å². The van der Waals surface area contributed by atoms with E-state index in [9.17, 15) is 19.2 Å². The molecule has 0 aromatic heterocycles. The summed E-state index contributed by atoms with van der Waals surface area (Å²) in [6, 6.07) is 52.2. The van der Waals surface area contributed by atoms with Crippen LogP contribution in [-0.2, 0) is 22.4 Å². The molecular weight excluding hydrogens is 873 g/mol. The molecule has 0 saturated heterocycles. The second-order valence-corrected chi connectivity index (χ2v) is 17.9. The molecule has 0 aliphatic carbocycles. The summed E-state index contributed by atoms with van der Waals surface area (Å²) in [7, 11) is 3.39. The highest BCUT2D eigenvalue weighted by Gasteiger charge is 2.33. The minimum Gasteiger partial charge on any atom is -0.490 e. The Balaban J connectivity index is 0.000000206. The van der Waals surface area contributed by atoms with E-state index in [2.05, 4.69) is 34.9 Å². The first kappa shape index (κ1) is 50.2. The summed E-state index contributed by atoms with van der Waals surface area (Å²) in [6.45, 7) is 3.99. The topological polar surface area (TPSA) is 117 Å². The van der Waals surface area contributed by atoms with Crippen LogP contribution >= 0.6 is 0 Å². The number of likely N-dealkylation sites (N-methyl/N-ethyl adjacent to an activating group) is 2. The van der Waals surface area contributed by atoms with Gasteiger partial charge in [-0.2, -0.15) is 0 Å². The van der Waals surface area contributed by atoms with Crippen LogP contribution in [0.5, 0.6) is 11.5 Å². The van der Waals surface area contributed by atoms with Crippen molar-refractivity contribution < 1.29 is 28.7 Å². The molecule has 0 radical (unpaired) electrons. The molecule has 6 aromatic carbocycles. The van der Waals surface area contributed by atoms with Crippen molar-refractivity contribution in [3.63, 3.8) is 0 Å². The number of fused-ring (bicyclic) bond motifs is 2. The Bertz CT molecular complexity index is 2510. The number of hydrogen-bond acceptors (Lipinski definition) is 6. The highest BCUT2D eigenvalue weighted by Crippen LogP contribution is 2.27. The fourth-order valence-electron chi connectivity index (χ4n) is 8.67. The predicted molar refractivity (Wildman–Crippen MR) is 277 cm³/mol. The minimum absolute atomic E-state index is 0.0988. The summed E-state index contributed by atoms with van der Waals surface area (Å²) in [4.78, 5) is 57.9. The van der Waals surface area contributed by atoms with Crippen LogP contribution in [0.3, 0.4) is 0 Å². The van der Waals surface area contributed by atoms with Gasteiger partial charge in [0.2, 0.25) is 11.8 Å². The second-order valence-electron chi connectivity index (χ2n) is 17.9. The Labute approximate surface area is 413 Å². The molecule has 6 aromatic rings. The van der Waals surface area contributed by atoms with Gasteiger partial charge in [-0.25, -0.2) is 0 Å². The van der Waals surface area contributed by atoms with Gasteiger partial charge in [0.05, 0.1) is 35.4 Å². The minimum atomic E-state index is -0.687. The first-order valence-corrected chi connectivity index (χ1v) is 24.2. The van der Waals surface area contributed by atoms with Crippen LogP contribution < -0.4 is 20.1 Å². The number of rotatable bonds is 6. The molecule has 8 rings (SSSR count). The zero-order valence-corrected chi connectivity index (χ0v) is 40.5. The molecule has 2 N–H and O–H groups in total. The van der Waals surface area contributed by atoms with Gasteiger partial charge in [0.15, 0.2) is 0 Å². The fraction of sp³-hybridized carbons (Fsp3) is 0.267. The standard InChI is InChI=1S/2C30H32N2O3/c2*1-22-13-9-11-19-26(24-16-7-4-8-17-24)31-29(33)27(21-23-14-5-3-6-15-23)32(2)30(34)25-18-10-12-20-28(25)35-22/h2*3-12,14-18,20,22,26-27H,13,19,21H2,1-2H3,(H,31,33)/b11-9+;11-9-/t2*22-,26-,27-/m11/s1. The number of nitrogens with zero attached hydrogens (tertiary/aromatic N) is 2. The molecule has 0 fully saturated rings. The smallest absolute Gasteiger partial charge is 0.258 e.